The highest BCUT2D eigenvalue weighted by molar-refractivity contribution is 5.92. The molecule has 0 aliphatic carbocycles. The number of amides is 1. The average Bonchev–Trinajstić information content (AvgIpc) is 3.00. The maximum Gasteiger partial charge on any atom is 0.490 e. The van der Waals surface area contributed by atoms with Gasteiger partial charge in [0, 0.05) is 32.4 Å². The fourth-order valence-corrected chi connectivity index (χ4v) is 3.02. The topological polar surface area (TPSA) is 109 Å². The second kappa shape index (κ2) is 10.2. The quantitative estimate of drug-likeness (QED) is 0.739. The standard InChI is InChI=1S/C17H23N5O2.C2HF3O2/c1-3-21-8-5-9-22-15(12-21)19-13(10-16(22)23)11-18-17(24)14-6-4-7-20(14)2;3-2(4,5)1(6)7/h4,6-7,10H,3,5,8-9,11-12H2,1-2H3,(H,18,24);(H,6,7). The molecule has 0 spiro atoms. The van der Waals surface area contributed by atoms with Crippen molar-refractivity contribution in [2.24, 2.45) is 7.05 Å². The van der Waals surface area contributed by atoms with Crippen molar-refractivity contribution in [1.29, 1.82) is 0 Å². The minimum atomic E-state index is -5.08. The van der Waals surface area contributed by atoms with Gasteiger partial charge in [-0.2, -0.15) is 13.2 Å². The molecule has 0 saturated carbocycles. The van der Waals surface area contributed by atoms with Gasteiger partial charge in [-0.25, -0.2) is 9.78 Å². The zero-order valence-electron chi connectivity index (χ0n) is 17.1. The summed E-state index contributed by atoms with van der Waals surface area (Å²) < 4.78 is 35.2. The molecule has 0 unspecified atom stereocenters. The number of carbonyl (C=O) groups excluding carboxylic acids is 1. The molecular weight excluding hydrogens is 419 g/mol. The molecule has 1 aliphatic heterocycles. The number of nitrogens with one attached hydrogen (secondary N) is 1. The van der Waals surface area contributed by atoms with E-state index in [9.17, 15) is 22.8 Å². The van der Waals surface area contributed by atoms with Crippen LogP contribution in [0.4, 0.5) is 13.2 Å². The number of carboxylic acid groups (broad SMARTS) is 1. The lowest BCUT2D eigenvalue weighted by molar-refractivity contribution is -0.192. The van der Waals surface area contributed by atoms with Gasteiger partial charge in [0.25, 0.3) is 11.5 Å². The van der Waals surface area contributed by atoms with Crippen LogP contribution in [0.3, 0.4) is 0 Å². The Bertz CT molecular complexity index is 984. The zero-order chi connectivity index (χ0) is 23.2. The summed E-state index contributed by atoms with van der Waals surface area (Å²) in [6.45, 7) is 5.64. The number of alkyl halides is 3. The van der Waals surface area contributed by atoms with Gasteiger partial charge >= 0.3 is 12.1 Å². The Balaban J connectivity index is 0.000000423. The van der Waals surface area contributed by atoms with Crippen LogP contribution in [0.2, 0.25) is 0 Å². The average molecular weight is 443 g/mol. The molecule has 0 radical (unpaired) electrons. The molecule has 1 amide bonds. The summed E-state index contributed by atoms with van der Waals surface area (Å²) in [5.74, 6) is -2.15. The number of carbonyl (C=O) groups is 2. The van der Waals surface area contributed by atoms with E-state index in [-0.39, 0.29) is 18.0 Å². The summed E-state index contributed by atoms with van der Waals surface area (Å²) in [7, 11) is 1.82. The van der Waals surface area contributed by atoms with Crippen molar-refractivity contribution in [2.75, 3.05) is 13.1 Å². The van der Waals surface area contributed by atoms with Gasteiger partial charge in [0.05, 0.1) is 18.8 Å². The fourth-order valence-electron chi connectivity index (χ4n) is 3.02. The molecule has 9 nitrogen and oxygen atoms in total. The SMILES string of the molecule is CCN1CCCn2c(nc(CNC(=O)c3cccn3C)cc2=O)C1.O=C(O)C(F)(F)F. The van der Waals surface area contributed by atoms with E-state index in [1.807, 2.05) is 19.3 Å². The molecule has 2 N–H and O–H groups in total. The molecule has 0 atom stereocenters. The maximum atomic E-state index is 12.3. The Morgan fingerprint density at radius 3 is 2.52 bits per heavy atom. The van der Waals surface area contributed by atoms with Crippen LogP contribution in [0.15, 0.2) is 29.2 Å². The lowest BCUT2D eigenvalue weighted by Gasteiger charge is -2.17. The largest absolute Gasteiger partial charge is 0.490 e. The number of hydrogen-bond acceptors (Lipinski definition) is 5. The molecule has 12 heteroatoms. The Labute approximate surface area is 176 Å². The lowest BCUT2D eigenvalue weighted by Crippen LogP contribution is -2.30. The van der Waals surface area contributed by atoms with E-state index in [0.717, 1.165) is 25.3 Å². The summed E-state index contributed by atoms with van der Waals surface area (Å²) in [5.41, 5.74) is 1.14. The number of fused-ring (bicyclic) bond motifs is 1. The molecule has 0 bridgehead atoms. The van der Waals surface area contributed by atoms with Crippen LogP contribution < -0.4 is 10.9 Å². The minimum Gasteiger partial charge on any atom is -0.475 e. The smallest absolute Gasteiger partial charge is 0.475 e. The first-order valence-corrected chi connectivity index (χ1v) is 9.54. The fraction of sp³-hybridized carbons (Fsp3) is 0.474. The number of aromatic nitrogens is 3. The molecular formula is C19H24F3N5O4. The summed E-state index contributed by atoms with van der Waals surface area (Å²) in [5, 5.41) is 9.96. The van der Waals surface area contributed by atoms with Crippen LogP contribution in [-0.2, 0) is 31.5 Å². The van der Waals surface area contributed by atoms with Gasteiger partial charge in [-0.05, 0) is 25.1 Å². The summed E-state index contributed by atoms with van der Waals surface area (Å²) in [6, 6.07) is 5.10. The van der Waals surface area contributed by atoms with E-state index >= 15 is 0 Å². The molecule has 2 aromatic rings. The van der Waals surface area contributed by atoms with Gasteiger partial charge in [0.2, 0.25) is 0 Å². The van der Waals surface area contributed by atoms with Crippen LogP contribution >= 0.6 is 0 Å². The normalized spacial score (nSPS) is 14.1. The van der Waals surface area contributed by atoms with Crippen LogP contribution in [0.25, 0.3) is 0 Å². The number of halogens is 3. The molecule has 0 saturated heterocycles. The molecule has 0 aromatic carbocycles. The highest BCUT2D eigenvalue weighted by atomic mass is 19.4. The van der Waals surface area contributed by atoms with E-state index in [1.54, 1.807) is 15.2 Å². The van der Waals surface area contributed by atoms with Gasteiger partial charge in [-0.15, -0.1) is 0 Å². The van der Waals surface area contributed by atoms with Gasteiger partial charge < -0.3 is 15.0 Å². The van der Waals surface area contributed by atoms with Crippen molar-refractivity contribution in [2.45, 2.75) is 39.2 Å². The van der Waals surface area contributed by atoms with E-state index < -0.39 is 12.1 Å². The van der Waals surface area contributed by atoms with Gasteiger partial charge in [-0.1, -0.05) is 6.92 Å². The third-order valence-corrected chi connectivity index (χ3v) is 4.66. The molecule has 3 rings (SSSR count). The van der Waals surface area contributed by atoms with E-state index in [0.29, 0.717) is 24.5 Å². The summed E-state index contributed by atoms with van der Waals surface area (Å²) >= 11 is 0. The van der Waals surface area contributed by atoms with Crippen LogP contribution in [0, 0.1) is 0 Å². The second-order valence-corrected chi connectivity index (χ2v) is 6.87. The number of carboxylic acids is 1. The first kappa shape index (κ1) is 24.1. The number of hydrogen-bond donors (Lipinski definition) is 2. The highest BCUT2D eigenvalue weighted by Gasteiger charge is 2.38. The van der Waals surface area contributed by atoms with E-state index in [1.165, 1.54) is 6.07 Å². The van der Waals surface area contributed by atoms with E-state index in [2.05, 4.69) is 22.1 Å². The van der Waals surface area contributed by atoms with Crippen molar-refractivity contribution in [3.05, 3.63) is 52.0 Å². The second-order valence-electron chi connectivity index (χ2n) is 6.87. The zero-order valence-corrected chi connectivity index (χ0v) is 17.1. The first-order valence-electron chi connectivity index (χ1n) is 9.54. The van der Waals surface area contributed by atoms with Gasteiger partial charge in [0.1, 0.15) is 11.5 Å². The molecule has 31 heavy (non-hydrogen) atoms. The predicted molar refractivity (Wildman–Crippen MR) is 104 cm³/mol. The Morgan fingerprint density at radius 1 is 1.29 bits per heavy atom. The predicted octanol–water partition coefficient (Wildman–Crippen LogP) is 1.37. The highest BCUT2D eigenvalue weighted by Crippen LogP contribution is 2.13. The van der Waals surface area contributed by atoms with Crippen LogP contribution in [0.1, 0.15) is 35.4 Å². The van der Waals surface area contributed by atoms with Crippen LogP contribution in [-0.4, -0.2) is 55.3 Å². The van der Waals surface area contributed by atoms with Crippen molar-refractivity contribution < 1.29 is 27.9 Å². The molecule has 0 fully saturated rings. The third kappa shape index (κ3) is 6.67. The van der Waals surface area contributed by atoms with Gasteiger partial charge in [-0.3, -0.25) is 19.1 Å². The molecule has 2 aromatic heterocycles. The molecule has 3 heterocycles. The van der Waals surface area contributed by atoms with Crippen molar-refractivity contribution in [3.63, 3.8) is 0 Å². The molecule has 1 aliphatic rings. The minimum absolute atomic E-state index is 0.0407. The number of aryl methyl sites for hydroxylation is 1. The van der Waals surface area contributed by atoms with Crippen molar-refractivity contribution in [3.8, 4) is 0 Å². The maximum absolute atomic E-state index is 12.3. The van der Waals surface area contributed by atoms with Gasteiger partial charge in [0.15, 0.2) is 0 Å². The summed E-state index contributed by atoms with van der Waals surface area (Å²) in [4.78, 5) is 40.3. The Kier molecular flexibility index (Phi) is 7.97. The Morgan fingerprint density at radius 2 is 1.97 bits per heavy atom. The number of rotatable bonds is 4. The van der Waals surface area contributed by atoms with Crippen molar-refractivity contribution in [1.82, 2.24) is 24.3 Å². The number of aliphatic carboxylic acids is 1. The van der Waals surface area contributed by atoms with Crippen LogP contribution in [0.5, 0.6) is 0 Å². The van der Waals surface area contributed by atoms with E-state index in [4.69, 9.17) is 9.90 Å². The Hall–Kier alpha value is -3.15. The summed E-state index contributed by atoms with van der Waals surface area (Å²) in [6.07, 6.45) is -2.31. The monoisotopic (exact) mass is 443 g/mol. The lowest BCUT2D eigenvalue weighted by atomic mass is 10.3. The molecule has 170 valence electrons. The first-order chi connectivity index (χ1) is 14.5. The number of nitrogens with zero attached hydrogens (tertiary/aromatic N) is 4. The third-order valence-electron chi connectivity index (χ3n) is 4.66. The van der Waals surface area contributed by atoms with Crippen molar-refractivity contribution >= 4 is 11.9 Å².